The van der Waals surface area contributed by atoms with Crippen molar-refractivity contribution in [3.05, 3.63) is 107 Å². The van der Waals surface area contributed by atoms with Gasteiger partial charge in [0.1, 0.15) is 0 Å². The molecule has 7 heteroatoms. The number of thioether (sulfide) groups is 1. The molecule has 0 spiro atoms. The first-order valence-electron chi connectivity index (χ1n) is 11.6. The lowest BCUT2D eigenvalue weighted by Gasteiger charge is -2.08. The second kappa shape index (κ2) is 11.0. The fourth-order valence-corrected chi connectivity index (χ4v) is 5.26. The first-order chi connectivity index (χ1) is 17.6. The number of nitrogens with zero attached hydrogens (tertiary/aromatic N) is 1. The molecular weight excluding hydrogens is 534 g/mol. The molecule has 0 radical (unpaired) electrons. The Kier molecular flexibility index (Phi) is 7.39. The van der Waals surface area contributed by atoms with E-state index in [4.69, 9.17) is 0 Å². The molecule has 2 N–H and O–H groups in total. The van der Waals surface area contributed by atoms with Crippen molar-refractivity contribution >= 4 is 66.9 Å². The van der Waals surface area contributed by atoms with Gasteiger partial charge in [0.2, 0.25) is 5.91 Å². The number of hydrogen-bond acceptors (Lipinski definition) is 3. The van der Waals surface area contributed by atoms with Crippen LogP contribution in [0.1, 0.15) is 10.4 Å². The van der Waals surface area contributed by atoms with E-state index < -0.39 is 0 Å². The number of amides is 2. The van der Waals surface area contributed by atoms with Gasteiger partial charge in [-0.15, -0.1) is 11.8 Å². The van der Waals surface area contributed by atoms with Gasteiger partial charge in [0, 0.05) is 50.8 Å². The van der Waals surface area contributed by atoms with Crippen molar-refractivity contribution in [2.24, 2.45) is 0 Å². The van der Waals surface area contributed by atoms with Crippen LogP contribution in [-0.4, -0.2) is 28.7 Å². The number of hydrogen-bond donors (Lipinski definition) is 2. The van der Waals surface area contributed by atoms with E-state index in [0.29, 0.717) is 24.4 Å². The van der Waals surface area contributed by atoms with Crippen molar-refractivity contribution in [3.63, 3.8) is 0 Å². The van der Waals surface area contributed by atoms with Gasteiger partial charge in [-0.3, -0.25) is 9.59 Å². The Hall–Kier alpha value is -3.55. The molecule has 0 aliphatic carbocycles. The summed E-state index contributed by atoms with van der Waals surface area (Å²) < 4.78 is 3.10. The fraction of sp³-hybridized carbons (Fsp3) is 0.103. The van der Waals surface area contributed by atoms with E-state index in [2.05, 4.69) is 49.5 Å². The summed E-state index contributed by atoms with van der Waals surface area (Å²) in [5, 5.41) is 9.23. The van der Waals surface area contributed by atoms with Crippen LogP contribution in [0.25, 0.3) is 21.7 Å². The van der Waals surface area contributed by atoms with Crippen LogP contribution in [0.4, 0.5) is 5.69 Å². The summed E-state index contributed by atoms with van der Waals surface area (Å²) in [6.07, 6.45) is 2.06. The first kappa shape index (κ1) is 24.2. The van der Waals surface area contributed by atoms with Crippen molar-refractivity contribution in [3.8, 4) is 0 Å². The maximum atomic E-state index is 12.7. The minimum atomic E-state index is -0.0866. The minimum absolute atomic E-state index is 0.0539. The number of benzene rings is 4. The number of halogens is 1. The highest BCUT2D eigenvalue weighted by molar-refractivity contribution is 9.10. The molecule has 5 rings (SSSR count). The van der Waals surface area contributed by atoms with Crippen molar-refractivity contribution in [2.75, 3.05) is 17.6 Å². The monoisotopic (exact) mass is 557 g/mol. The number of anilines is 1. The molecule has 1 aromatic heterocycles. The largest absolute Gasteiger partial charge is 0.350 e. The molecule has 0 bridgehead atoms. The van der Waals surface area contributed by atoms with Crippen molar-refractivity contribution < 1.29 is 9.59 Å². The van der Waals surface area contributed by atoms with Crippen LogP contribution in [0.5, 0.6) is 0 Å². The molecule has 2 amide bonds. The standard InChI is InChI=1S/C29H24BrN3O2S/c30-23-11-13-24(14-12-23)32-28(34)19-36-27-18-33(26-8-4-3-7-25(26)27)16-15-31-29(35)22-10-9-20-5-1-2-6-21(20)17-22/h1-14,17-18H,15-16,19H2,(H,31,35)(H,32,34). The van der Waals surface area contributed by atoms with Crippen LogP contribution < -0.4 is 10.6 Å². The average molecular weight is 559 g/mol. The van der Waals surface area contributed by atoms with E-state index in [1.807, 2.05) is 78.9 Å². The van der Waals surface area contributed by atoms with E-state index in [-0.39, 0.29) is 11.8 Å². The molecule has 0 saturated heterocycles. The van der Waals surface area contributed by atoms with Gasteiger partial charge in [-0.2, -0.15) is 0 Å². The van der Waals surface area contributed by atoms with Crippen LogP contribution >= 0.6 is 27.7 Å². The molecule has 5 aromatic rings. The zero-order valence-corrected chi connectivity index (χ0v) is 21.8. The molecule has 36 heavy (non-hydrogen) atoms. The van der Waals surface area contributed by atoms with E-state index >= 15 is 0 Å². The Morgan fingerprint density at radius 2 is 1.61 bits per heavy atom. The second-order valence-electron chi connectivity index (χ2n) is 8.37. The average Bonchev–Trinajstić information content (AvgIpc) is 3.26. The molecule has 1 heterocycles. The summed E-state index contributed by atoms with van der Waals surface area (Å²) in [5.41, 5.74) is 2.50. The van der Waals surface area contributed by atoms with Gasteiger partial charge in [0.15, 0.2) is 0 Å². The quantitative estimate of drug-likeness (QED) is 0.208. The van der Waals surface area contributed by atoms with Gasteiger partial charge in [0.05, 0.1) is 5.75 Å². The summed E-state index contributed by atoms with van der Waals surface area (Å²) in [6, 6.07) is 29.4. The molecular formula is C29H24BrN3O2S. The van der Waals surface area contributed by atoms with E-state index in [1.54, 1.807) is 0 Å². The number of carbonyl (C=O) groups excluding carboxylic acids is 2. The van der Waals surface area contributed by atoms with E-state index in [9.17, 15) is 9.59 Å². The van der Waals surface area contributed by atoms with Gasteiger partial charge >= 0.3 is 0 Å². The lowest BCUT2D eigenvalue weighted by atomic mass is 10.1. The van der Waals surface area contributed by atoms with Crippen LogP contribution in [0.3, 0.4) is 0 Å². The van der Waals surface area contributed by atoms with Gasteiger partial charge in [0.25, 0.3) is 5.91 Å². The number of fused-ring (bicyclic) bond motifs is 2. The summed E-state index contributed by atoms with van der Waals surface area (Å²) in [5.74, 6) is 0.168. The third-order valence-electron chi connectivity index (χ3n) is 5.89. The summed E-state index contributed by atoms with van der Waals surface area (Å²) in [6.45, 7) is 1.13. The maximum absolute atomic E-state index is 12.7. The normalized spacial score (nSPS) is 11.0. The zero-order valence-electron chi connectivity index (χ0n) is 19.4. The molecule has 180 valence electrons. The number of para-hydroxylation sites is 1. The summed E-state index contributed by atoms with van der Waals surface area (Å²) in [4.78, 5) is 26.2. The highest BCUT2D eigenvalue weighted by Gasteiger charge is 2.12. The minimum Gasteiger partial charge on any atom is -0.350 e. The maximum Gasteiger partial charge on any atom is 0.251 e. The molecule has 0 saturated carbocycles. The molecule has 0 unspecified atom stereocenters. The van der Waals surface area contributed by atoms with Gasteiger partial charge < -0.3 is 15.2 Å². The Bertz CT molecular complexity index is 1550. The predicted molar refractivity (Wildman–Crippen MR) is 152 cm³/mol. The van der Waals surface area contributed by atoms with Gasteiger partial charge in [-0.1, -0.05) is 64.5 Å². The lowest BCUT2D eigenvalue weighted by molar-refractivity contribution is -0.113. The molecule has 0 atom stereocenters. The molecule has 4 aromatic carbocycles. The first-order valence-corrected chi connectivity index (χ1v) is 13.4. The van der Waals surface area contributed by atoms with Gasteiger partial charge in [-0.25, -0.2) is 0 Å². The topological polar surface area (TPSA) is 63.1 Å². The van der Waals surface area contributed by atoms with Crippen LogP contribution in [0.15, 0.2) is 107 Å². The second-order valence-corrected chi connectivity index (χ2v) is 10.3. The van der Waals surface area contributed by atoms with Crippen molar-refractivity contribution in [1.82, 2.24) is 9.88 Å². The lowest BCUT2D eigenvalue weighted by Crippen LogP contribution is -2.27. The highest BCUT2D eigenvalue weighted by Crippen LogP contribution is 2.30. The molecule has 0 aliphatic heterocycles. The Labute approximate surface area is 222 Å². The van der Waals surface area contributed by atoms with Crippen molar-refractivity contribution in [1.29, 1.82) is 0 Å². The third-order valence-corrected chi connectivity index (χ3v) is 7.46. The highest BCUT2D eigenvalue weighted by atomic mass is 79.9. The molecule has 5 nitrogen and oxygen atoms in total. The fourth-order valence-electron chi connectivity index (χ4n) is 4.11. The van der Waals surface area contributed by atoms with Crippen LogP contribution in [0.2, 0.25) is 0 Å². The summed E-state index contributed by atoms with van der Waals surface area (Å²) in [7, 11) is 0. The summed E-state index contributed by atoms with van der Waals surface area (Å²) >= 11 is 4.91. The third kappa shape index (κ3) is 5.64. The number of nitrogens with one attached hydrogen (secondary N) is 2. The molecule has 0 aliphatic rings. The van der Waals surface area contributed by atoms with E-state index in [0.717, 1.165) is 36.7 Å². The SMILES string of the molecule is O=C(CSc1cn(CCNC(=O)c2ccc3ccccc3c2)c2ccccc12)Nc1ccc(Br)cc1. The Morgan fingerprint density at radius 3 is 2.44 bits per heavy atom. The molecule has 0 fully saturated rings. The number of carbonyl (C=O) groups is 2. The van der Waals surface area contributed by atoms with Crippen LogP contribution in [-0.2, 0) is 11.3 Å². The number of rotatable bonds is 8. The van der Waals surface area contributed by atoms with E-state index in [1.165, 1.54) is 11.8 Å². The van der Waals surface area contributed by atoms with Crippen LogP contribution in [0, 0.1) is 0 Å². The number of aromatic nitrogens is 1. The predicted octanol–water partition coefficient (Wildman–Crippen LogP) is 6.72. The Morgan fingerprint density at radius 1 is 0.861 bits per heavy atom. The Balaban J connectivity index is 1.21. The van der Waals surface area contributed by atoms with Crippen molar-refractivity contribution in [2.45, 2.75) is 11.4 Å². The smallest absolute Gasteiger partial charge is 0.251 e. The zero-order chi connectivity index (χ0) is 24.9. The van der Waals surface area contributed by atoms with Gasteiger partial charge in [-0.05, 0) is 53.2 Å².